The maximum Gasteiger partial charge on any atom is 0.236 e. The lowest BCUT2D eigenvalue weighted by atomic mass is 9.72. The van der Waals surface area contributed by atoms with Gasteiger partial charge in [-0.1, -0.05) is 20.8 Å². The van der Waals surface area contributed by atoms with Gasteiger partial charge in [-0.15, -0.1) is 0 Å². The zero-order valence-electron chi connectivity index (χ0n) is 23.7. The molecule has 1 aliphatic heterocycles. The second-order valence-electron chi connectivity index (χ2n) is 12.8. The van der Waals surface area contributed by atoms with E-state index in [-0.39, 0.29) is 29.6 Å². The Morgan fingerprint density at radius 1 is 1.05 bits per heavy atom. The molecule has 1 saturated heterocycles. The molecule has 1 aliphatic carbocycles. The molecule has 1 aromatic carbocycles. The number of aromatic nitrogens is 1. The molecule has 0 bridgehead atoms. The number of hydrogen-bond acceptors (Lipinski definition) is 7. The van der Waals surface area contributed by atoms with Crippen molar-refractivity contribution in [3.05, 3.63) is 59.0 Å². The summed E-state index contributed by atoms with van der Waals surface area (Å²) >= 11 is 0. The summed E-state index contributed by atoms with van der Waals surface area (Å²) in [7, 11) is 0.320. The van der Waals surface area contributed by atoms with E-state index >= 15 is 0 Å². The number of carbonyl (C=O) groups is 1. The molecule has 2 atom stereocenters. The fraction of sp³-hybridized carbons (Fsp3) is 0.533. The lowest BCUT2D eigenvalue weighted by Crippen LogP contribution is -2.48. The number of fused-ring (bicyclic) bond motifs is 4. The Balaban J connectivity index is 1.39. The summed E-state index contributed by atoms with van der Waals surface area (Å²) < 4.78 is 31.3. The Morgan fingerprint density at radius 2 is 1.79 bits per heavy atom. The molecule has 0 amide bonds. The molecule has 2 aromatic heterocycles. The molecular weight excluding hydrogens is 498 g/mol. The predicted octanol–water partition coefficient (Wildman–Crippen LogP) is 6.23. The number of hydrogen-bond donors (Lipinski definition) is 0. The normalized spacial score (nSPS) is 22.4. The van der Waals surface area contributed by atoms with Crippen molar-refractivity contribution >= 4 is 26.6 Å². The van der Waals surface area contributed by atoms with Crippen LogP contribution in [0.4, 0.5) is 0 Å². The van der Waals surface area contributed by atoms with Crippen molar-refractivity contribution < 1.29 is 27.8 Å². The molecule has 8 heteroatoms. The average Bonchev–Trinajstić information content (AvgIpc) is 3.38. The molecule has 38 heavy (non-hydrogen) atoms. The highest BCUT2D eigenvalue weighted by atomic mass is 28.2. The van der Waals surface area contributed by atoms with E-state index in [1.807, 2.05) is 58.0 Å². The molecule has 1 fully saturated rings. The maximum atomic E-state index is 13.5. The Labute approximate surface area is 227 Å². The summed E-state index contributed by atoms with van der Waals surface area (Å²) in [5.74, 6) is 0.485. The Bertz CT molecular complexity index is 1380. The summed E-state index contributed by atoms with van der Waals surface area (Å²) in [5.41, 5.74) is 1.48. The van der Waals surface area contributed by atoms with Crippen LogP contribution in [0.2, 0.25) is 5.04 Å². The fourth-order valence-electron chi connectivity index (χ4n) is 5.25. The van der Waals surface area contributed by atoms with Crippen molar-refractivity contribution in [1.82, 2.24) is 4.98 Å². The van der Waals surface area contributed by atoms with E-state index in [0.717, 1.165) is 10.9 Å². The van der Waals surface area contributed by atoms with E-state index in [2.05, 4.69) is 39.6 Å². The first kappa shape index (κ1) is 27.1. The molecule has 3 aromatic rings. The van der Waals surface area contributed by atoms with Gasteiger partial charge in [-0.2, -0.15) is 0 Å². The number of furan rings is 1. The van der Waals surface area contributed by atoms with E-state index in [0.29, 0.717) is 38.1 Å². The van der Waals surface area contributed by atoms with Gasteiger partial charge in [0.2, 0.25) is 15.5 Å². The lowest BCUT2D eigenvalue weighted by Gasteiger charge is -2.36. The summed E-state index contributed by atoms with van der Waals surface area (Å²) in [5, 5.41) is 0.803. The van der Waals surface area contributed by atoms with Crippen LogP contribution in [0.25, 0.3) is 11.1 Å². The predicted molar refractivity (Wildman–Crippen MR) is 146 cm³/mol. The summed E-state index contributed by atoms with van der Waals surface area (Å²) in [6.45, 7) is 18.8. The smallest absolute Gasteiger partial charge is 0.236 e. The summed E-state index contributed by atoms with van der Waals surface area (Å²) in [6.07, 6.45) is 1.03. The second kappa shape index (κ2) is 9.01. The number of ether oxygens (including phenoxy) is 3. The van der Waals surface area contributed by atoms with Gasteiger partial charge in [0.25, 0.3) is 0 Å². The van der Waals surface area contributed by atoms with Crippen LogP contribution in [0.15, 0.2) is 40.9 Å². The van der Waals surface area contributed by atoms with Crippen LogP contribution in [0.1, 0.15) is 89.6 Å². The summed E-state index contributed by atoms with van der Waals surface area (Å²) in [6, 6.07) is 9.34. The molecule has 202 valence electrons. The largest absolute Gasteiger partial charge is 0.491 e. The van der Waals surface area contributed by atoms with E-state index in [9.17, 15) is 4.79 Å². The van der Waals surface area contributed by atoms with Gasteiger partial charge < -0.3 is 23.1 Å². The van der Waals surface area contributed by atoms with Crippen LogP contribution in [0.5, 0.6) is 5.75 Å². The maximum absolute atomic E-state index is 13.5. The Morgan fingerprint density at radius 3 is 2.50 bits per heavy atom. The number of pyridine rings is 1. The summed E-state index contributed by atoms with van der Waals surface area (Å²) in [4.78, 5) is 17.9. The third-order valence-electron chi connectivity index (χ3n) is 7.07. The minimum absolute atomic E-state index is 0.0551. The quantitative estimate of drug-likeness (QED) is 0.346. The standard InChI is InChI=1S/C30H37NO6Si/c1-27(2,3)38-37-29(6,7)24-21(35-30(8,9)36-24)16-33-17-12-13-18-20(15-17)28(4,5)25-22(23(18)32)19-11-10-14-31-26(19)34-25/h10-15,21,24H,16H2,1-9H3/t21-,24-/m1/s1. The average molecular weight is 536 g/mol. The van der Waals surface area contributed by atoms with Crippen molar-refractivity contribution in [2.24, 2.45) is 0 Å². The van der Waals surface area contributed by atoms with Crippen LogP contribution in [0.3, 0.4) is 0 Å². The Kier molecular flexibility index (Phi) is 6.42. The van der Waals surface area contributed by atoms with Crippen LogP contribution in [-0.2, 0) is 19.3 Å². The van der Waals surface area contributed by atoms with Gasteiger partial charge >= 0.3 is 0 Å². The molecular formula is C30H37NO6Si. The van der Waals surface area contributed by atoms with Crippen molar-refractivity contribution in [3.8, 4) is 5.75 Å². The van der Waals surface area contributed by atoms with Gasteiger partial charge in [0, 0.05) is 17.2 Å². The number of nitrogens with zero attached hydrogens (tertiary/aromatic N) is 1. The molecule has 7 nitrogen and oxygen atoms in total. The van der Waals surface area contributed by atoms with E-state index in [1.54, 1.807) is 6.20 Å². The first-order chi connectivity index (χ1) is 17.6. The van der Waals surface area contributed by atoms with Gasteiger partial charge in [-0.25, -0.2) is 4.98 Å². The van der Waals surface area contributed by atoms with E-state index in [1.165, 1.54) is 0 Å². The fourth-order valence-corrected chi connectivity index (χ4v) is 5.94. The SMILES string of the molecule is CC1(C)O[C@@H](C(C)(C)O[Si]C(C)(C)C)[C@@H](COc2ccc3c(c2)C(C)(C)c2oc4ncccc4c2C3=O)O1. The topological polar surface area (TPSA) is 80.0 Å². The zero-order chi connectivity index (χ0) is 27.7. The first-order valence-electron chi connectivity index (χ1n) is 13.1. The highest BCUT2D eigenvalue weighted by molar-refractivity contribution is 6.31. The highest BCUT2D eigenvalue weighted by Crippen LogP contribution is 2.46. The highest BCUT2D eigenvalue weighted by Gasteiger charge is 2.50. The van der Waals surface area contributed by atoms with Crippen LogP contribution >= 0.6 is 0 Å². The molecule has 2 aliphatic rings. The van der Waals surface area contributed by atoms with Gasteiger partial charge in [0.1, 0.15) is 30.3 Å². The van der Waals surface area contributed by atoms with Gasteiger partial charge in [-0.05, 0) is 82.5 Å². The molecule has 0 unspecified atom stereocenters. The molecule has 0 N–H and O–H groups in total. The minimum atomic E-state index is -0.750. The van der Waals surface area contributed by atoms with Gasteiger partial charge in [-0.3, -0.25) is 4.79 Å². The van der Waals surface area contributed by atoms with Gasteiger partial charge in [0.05, 0.1) is 16.6 Å². The second-order valence-corrected chi connectivity index (χ2v) is 14.7. The third-order valence-corrected chi connectivity index (χ3v) is 8.31. The molecule has 0 spiro atoms. The minimum Gasteiger partial charge on any atom is -0.491 e. The monoisotopic (exact) mass is 535 g/mol. The molecule has 2 radical (unpaired) electrons. The number of ketones is 1. The van der Waals surface area contributed by atoms with Gasteiger partial charge in [0.15, 0.2) is 11.6 Å². The van der Waals surface area contributed by atoms with Crippen LogP contribution in [0, 0.1) is 0 Å². The molecule has 5 rings (SSSR count). The van der Waals surface area contributed by atoms with E-state index in [4.69, 9.17) is 23.1 Å². The van der Waals surface area contributed by atoms with E-state index < -0.39 is 16.8 Å². The number of carbonyl (C=O) groups excluding carboxylic acids is 1. The van der Waals surface area contributed by atoms with Crippen LogP contribution in [-0.4, -0.2) is 50.7 Å². The third kappa shape index (κ3) is 4.83. The number of rotatable bonds is 6. The molecule has 0 saturated carbocycles. The van der Waals surface area contributed by atoms with Crippen molar-refractivity contribution in [3.63, 3.8) is 0 Å². The number of benzene rings is 1. The lowest BCUT2D eigenvalue weighted by molar-refractivity contribution is -0.162. The van der Waals surface area contributed by atoms with Crippen molar-refractivity contribution in [2.75, 3.05) is 6.61 Å². The zero-order valence-corrected chi connectivity index (χ0v) is 24.7. The first-order valence-corrected chi connectivity index (χ1v) is 14.0. The van der Waals surface area contributed by atoms with Crippen molar-refractivity contribution in [1.29, 1.82) is 0 Å². The Hall–Kier alpha value is -2.52. The van der Waals surface area contributed by atoms with Crippen molar-refractivity contribution in [2.45, 2.75) is 96.4 Å². The van der Waals surface area contributed by atoms with Crippen LogP contribution < -0.4 is 4.74 Å². The molecule has 3 heterocycles.